The average molecular weight is 413 g/mol. The van der Waals surface area contributed by atoms with Crippen molar-refractivity contribution in [3.05, 3.63) is 40.3 Å². The van der Waals surface area contributed by atoms with Gasteiger partial charge in [0.15, 0.2) is 0 Å². The number of alkyl halides is 3. The molecule has 0 radical (unpaired) electrons. The molecule has 0 saturated carbocycles. The predicted octanol–water partition coefficient (Wildman–Crippen LogP) is 4.08. The Labute approximate surface area is 165 Å². The smallest absolute Gasteiger partial charge is 0.374 e. The molecule has 1 fully saturated rings. The fourth-order valence-corrected chi connectivity index (χ4v) is 4.12. The van der Waals surface area contributed by atoms with Crippen molar-refractivity contribution in [1.29, 1.82) is 0 Å². The second-order valence-corrected chi connectivity index (χ2v) is 8.12. The number of halogens is 3. The average Bonchev–Trinajstić information content (AvgIpc) is 3.23. The molecule has 5 nitrogen and oxygen atoms in total. The summed E-state index contributed by atoms with van der Waals surface area (Å²) in [6, 6.07) is 6.95. The number of aliphatic hydroxyl groups is 1. The lowest BCUT2D eigenvalue weighted by Gasteiger charge is -2.28. The number of nitrogens with zero attached hydrogens (tertiary/aromatic N) is 2. The number of rotatable bonds is 5. The molecule has 28 heavy (non-hydrogen) atoms. The third-order valence-corrected chi connectivity index (χ3v) is 5.91. The van der Waals surface area contributed by atoms with Crippen molar-refractivity contribution in [2.75, 3.05) is 23.3 Å². The molecule has 1 aliphatic heterocycles. The van der Waals surface area contributed by atoms with E-state index in [2.05, 4.69) is 22.1 Å². The van der Waals surface area contributed by atoms with Gasteiger partial charge in [-0.1, -0.05) is 6.92 Å². The number of nitrogens with one attached hydrogen (secondary N) is 1. The Morgan fingerprint density at radius 1 is 1.36 bits per heavy atom. The van der Waals surface area contributed by atoms with E-state index in [1.807, 2.05) is 12.1 Å². The van der Waals surface area contributed by atoms with Crippen LogP contribution in [0.2, 0.25) is 0 Å². The summed E-state index contributed by atoms with van der Waals surface area (Å²) < 4.78 is 40.5. The van der Waals surface area contributed by atoms with Crippen LogP contribution in [-0.2, 0) is 10.4 Å². The van der Waals surface area contributed by atoms with Gasteiger partial charge < -0.3 is 15.3 Å². The van der Waals surface area contributed by atoms with Gasteiger partial charge in [0.1, 0.15) is 5.01 Å². The summed E-state index contributed by atoms with van der Waals surface area (Å²) in [6.07, 6.45) is -5.06. The van der Waals surface area contributed by atoms with Crippen LogP contribution in [0.25, 0.3) is 0 Å². The Hall–Kier alpha value is -2.13. The molecule has 1 saturated heterocycles. The molecule has 0 aliphatic carbocycles. The highest BCUT2D eigenvalue weighted by atomic mass is 32.1. The highest BCUT2D eigenvalue weighted by Gasteiger charge is 2.58. The summed E-state index contributed by atoms with van der Waals surface area (Å²) in [5.74, 6) is -0.316. The van der Waals surface area contributed by atoms with Crippen molar-refractivity contribution in [3.63, 3.8) is 0 Å². The molecular weight excluding hydrogens is 391 g/mol. The summed E-state index contributed by atoms with van der Waals surface area (Å²) >= 11 is 0.681. The van der Waals surface area contributed by atoms with Crippen LogP contribution in [0.3, 0.4) is 0 Å². The quantitative estimate of drug-likeness (QED) is 0.775. The highest BCUT2D eigenvalue weighted by molar-refractivity contribution is 7.09. The molecule has 2 atom stereocenters. The van der Waals surface area contributed by atoms with Crippen molar-refractivity contribution < 1.29 is 23.1 Å². The van der Waals surface area contributed by atoms with Crippen LogP contribution < -0.4 is 10.2 Å². The first-order valence-corrected chi connectivity index (χ1v) is 9.83. The number of carbonyl (C=O) groups excluding carboxylic acids is 1. The first-order chi connectivity index (χ1) is 13.1. The van der Waals surface area contributed by atoms with Crippen LogP contribution in [-0.4, -0.2) is 35.3 Å². The lowest BCUT2D eigenvalue weighted by molar-refractivity contribution is -0.266. The monoisotopic (exact) mass is 413 g/mol. The molecule has 152 valence electrons. The molecular formula is C19H22F3N3O2S. The van der Waals surface area contributed by atoms with Gasteiger partial charge >= 0.3 is 6.18 Å². The normalized spacial score (nSPS) is 19.5. The van der Waals surface area contributed by atoms with Gasteiger partial charge in [0, 0.05) is 35.5 Å². The molecule has 2 aromatic rings. The van der Waals surface area contributed by atoms with Crippen molar-refractivity contribution in [3.8, 4) is 0 Å². The molecule has 3 rings (SSSR count). The fraction of sp³-hybridized carbons (Fsp3) is 0.474. The summed E-state index contributed by atoms with van der Waals surface area (Å²) in [4.78, 5) is 18.2. The van der Waals surface area contributed by atoms with Crippen LogP contribution in [0.5, 0.6) is 0 Å². The Bertz CT molecular complexity index is 838. The van der Waals surface area contributed by atoms with E-state index >= 15 is 0 Å². The number of thiazole rings is 1. The number of amides is 1. The Balaban J connectivity index is 1.69. The Kier molecular flexibility index (Phi) is 5.67. The molecule has 1 aliphatic rings. The summed E-state index contributed by atoms with van der Waals surface area (Å²) in [5.41, 5.74) is -1.58. The topological polar surface area (TPSA) is 65.5 Å². The number of aryl methyl sites for hydroxylation is 1. The van der Waals surface area contributed by atoms with E-state index in [0.29, 0.717) is 28.6 Å². The van der Waals surface area contributed by atoms with E-state index in [0.717, 1.165) is 25.2 Å². The van der Waals surface area contributed by atoms with Gasteiger partial charge in [-0.15, -0.1) is 11.3 Å². The predicted molar refractivity (Wildman–Crippen MR) is 102 cm³/mol. The van der Waals surface area contributed by atoms with E-state index < -0.39 is 29.1 Å². The van der Waals surface area contributed by atoms with Crippen molar-refractivity contribution in [1.82, 2.24) is 4.98 Å². The van der Waals surface area contributed by atoms with E-state index in [-0.39, 0.29) is 0 Å². The minimum Gasteiger partial charge on any atom is -0.374 e. The van der Waals surface area contributed by atoms with Crippen molar-refractivity contribution >= 4 is 28.6 Å². The van der Waals surface area contributed by atoms with Crippen LogP contribution >= 0.6 is 11.3 Å². The van der Waals surface area contributed by atoms with E-state index in [9.17, 15) is 23.1 Å². The van der Waals surface area contributed by atoms with Crippen LogP contribution in [0.15, 0.2) is 29.6 Å². The second-order valence-electron chi connectivity index (χ2n) is 7.26. The standard InChI is InChI=1S/C19H22F3N3O2S/c1-12-7-8-25(10-12)15-5-3-14(4-6-15)24-16(26)9-18(27,19(20,21)22)17-23-13(2)11-28-17/h3-6,11-12,27H,7-10H2,1-2H3,(H,24,26). The minimum atomic E-state index is -5.02. The van der Waals surface area contributed by atoms with Gasteiger partial charge in [0.25, 0.3) is 0 Å². The molecule has 2 heterocycles. The van der Waals surface area contributed by atoms with E-state index in [1.54, 1.807) is 12.1 Å². The zero-order chi connectivity index (χ0) is 20.5. The SMILES string of the molecule is Cc1csc(C(O)(CC(=O)Nc2ccc(N3CCC(C)C3)cc2)C(F)(F)F)n1. The number of carbonyl (C=O) groups is 1. The molecule has 2 N–H and O–H groups in total. The highest BCUT2D eigenvalue weighted by Crippen LogP contribution is 2.43. The van der Waals surface area contributed by atoms with Gasteiger partial charge in [-0.25, -0.2) is 4.98 Å². The maximum atomic E-state index is 13.5. The minimum absolute atomic E-state index is 0.356. The maximum Gasteiger partial charge on any atom is 0.424 e. The fourth-order valence-electron chi connectivity index (χ4n) is 3.20. The first kappa shape index (κ1) is 20.6. The maximum absolute atomic E-state index is 13.5. The molecule has 1 amide bonds. The molecule has 9 heteroatoms. The number of hydrogen-bond donors (Lipinski definition) is 2. The molecule has 1 aromatic heterocycles. The molecule has 0 bridgehead atoms. The van der Waals surface area contributed by atoms with E-state index in [1.165, 1.54) is 12.3 Å². The number of anilines is 2. The molecule has 0 spiro atoms. The van der Waals surface area contributed by atoms with Crippen LogP contribution in [0.1, 0.15) is 30.5 Å². The van der Waals surface area contributed by atoms with Gasteiger partial charge in [0.2, 0.25) is 11.5 Å². The third kappa shape index (κ3) is 4.30. The Morgan fingerprint density at radius 3 is 2.54 bits per heavy atom. The Morgan fingerprint density at radius 2 is 2.04 bits per heavy atom. The summed E-state index contributed by atoms with van der Waals surface area (Å²) in [7, 11) is 0. The lowest BCUT2D eigenvalue weighted by Crippen LogP contribution is -2.45. The number of benzene rings is 1. The first-order valence-electron chi connectivity index (χ1n) is 8.95. The second kappa shape index (κ2) is 7.71. The van der Waals surface area contributed by atoms with Gasteiger partial charge in [-0.2, -0.15) is 13.2 Å². The lowest BCUT2D eigenvalue weighted by atomic mass is 9.99. The third-order valence-electron chi connectivity index (χ3n) is 4.80. The number of aromatic nitrogens is 1. The largest absolute Gasteiger partial charge is 0.424 e. The number of hydrogen-bond acceptors (Lipinski definition) is 5. The van der Waals surface area contributed by atoms with Gasteiger partial charge in [-0.3, -0.25) is 4.79 Å². The zero-order valence-corrected chi connectivity index (χ0v) is 16.4. The van der Waals surface area contributed by atoms with Crippen LogP contribution in [0, 0.1) is 12.8 Å². The van der Waals surface area contributed by atoms with Gasteiger partial charge in [-0.05, 0) is 43.5 Å². The zero-order valence-electron chi connectivity index (χ0n) is 15.6. The summed E-state index contributed by atoms with van der Waals surface area (Å²) in [6.45, 7) is 5.62. The van der Waals surface area contributed by atoms with E-state index in [4.69, 9.17) is 0 Å². The molecule has 1 aromatic carbocycles. The summed E-state index contributed by atoms with van der Waals surface area (Å²) in [5, 5.41) is 13.5. The van der Waals surface area contributed by atoms with Crippen molar-refractivity contribution in [2.45, 2.75) is 38.5 Å². The molecule has 2 unspecified atom stereocenters. The van der Waals surface area contributed by atoms with Crippen molar-refractivity contribution in [2.24, 2.45) is 5.92 Å². The van der Waals surface area contributed by atoms with Crippen LogP contribution in [0.4, 0.5) is 24.5 Å². The van der Waals surface area contributed by atoms with Gasteiger partial charge in [0.05, 0.1) is 6.42 Å².